The van der Waals surface area contributed by atoms with Crippen LogP contribution in [-0.2, 0) is 11.2 Å². The van der Waals surface area contributed by atoms with Gasteiger partial charge in [0, 0.05) is 21.7 Å². The number of fused-ring (bicyclic) bond motifs is 1. The van der Waals surface area contributed by atoms with Crippen LogP contribution in [0.15, 0.2) is 47.1 Å². The monoisotopic (exact) mass is 341 g/mol. The lowest BCUT2D eigenvalue weighted by Gasteiger charge is -2.09. The minimum Gasteiger partial charge on any atom is -0.464 e. The molecule has 3 aromatic rings. The van der Waals surface area contributed by atoms with E-state index in [4.69, 9.17) is 16.0 Å². The van der Waals surface area contributed by atoms with E-state index in [1.54, 1.807) is 6.26 Å². The van der Waals surface area contributed by atoms with Crippen LogP contribution in [0.3, 0.4) is 0 Å². The minimum atomic E-state index is -0.0852. The molecule has 0 fully saturated rings. The lowest BCUT2D eigenvalue weighted by molar-refractivity contribution is -0.115. The second-order valence-corrected chi connectivity index (χ2v) is 6.72. The van der Waals surface area contributed by atoms with E-state index in [1.807, 2.05) is 31.2 Å². The van der Waals surface area contributed by atoms with E-state index in [0.717, 1.165) is 27.8 Å². The molecule has 0 saturated heterocycles. The molecule has 1 heterocycles. The molecule has 3 nitrogen and oxygen atoms in total. The van der Waals surface area contributed by atoms with Gasteiger partial charge >= 0.3 is 0 Å². The Hall–Kier alpha value is -2.26. The Morgan fingerprint density at radius 3 is 2.79 bits per heavy atom. The van der Waals surface area contributed by atoms with E-state index in [-0.39, 0.29) is 12.3 Å². The number of hydrogen-bond donors (Lipinski definition) is 1. The predicted molar refractivity (Wildman–Crippen MR) is 98.8 cm³/mol. The number of rotatable bonds is 4. The van der Waals surface area contributed by atoms with Crippen molar-refractivity contribution in [1.29, 1.82) is 0 Å². The fraction of sp³-hybridized carbons (Fsp3) is 0.250. The number of hydrogen-bond acceptors (Lipinski definition) is 2. The van der Waals surface area contributed by atoms with Gasteiger partial charge in [-0.2, -0.15) is 0 Å². The summed E-state index contributed by atoms with van der Waals surface area (Å²) < 4.78 is 5.58. The van der Waals surface area contributed by atoms with Crippen LogP contribution in [0.2, 0.25) is 5.02 Å². The van der Waals surface area contributed by atoms with Crippen molar-refractivity contribution in [2.45, 2.75) is 33.1 Å². The van der Waals surface area contributed by atoms with E-state index in [9.17, 15) is 4.79 Å². The van der Waals surface area contributed by atoms with Gasteiger partial charge < -0.3 is 9.73 Å². The summed E-state index contributed by atoms with van der Waals surface area (Å²) in [6.07, 6.45) is 1.93. The van der Waals surface area contributed by atoms with E-state index >= 15 is 0 Å². The fourth-order valence-electron chi connectivity index (χ4n) is 2.71. The molecule has 1 amide bonds. The molecule has 0 radical (unpaired) electrons. The number of benzene rings is 2. The maximum Gasteiger partial charge on any atom is 0.228 e. The summed E-state index contributed by atoms with van der Waals surface area (Å²) in [5, 5.41) is 4.57. The molecule has 0 aliphatic carbocycles. The Balaban J connectivity index is 1.83. The average molecular weight is 342 g/mol. The van der Waals surface area contributed by atoms with E-state index in [0.29, 0.717) is 10.9 Å². The largest absolute Gasteiger partial charge is 0.464 e. The van der Waals surface area contributed by atoms with Crippen LogP contribution < -0.4 is 5.32 Å². The first-order valence-corrected chi connectivity index (χ1v) is 8.38. The van der Waals surface area contributed by atoms with E-state index in [1.165, 1.54) is 5.56 Å². The molecule has 0 unspecified atom stereocenters. The van der Waals surface area contributed by atoms with Crippen molar-refractivity contribution in [3.63, 3.8) is 0 Å². The van der Waals surface area contributed by atoms with E-state index < -0.39 is 0 Å². The second-order valence-electron chi connectivity index (χ2n) is 6.31. The Bertz CT molecular complexity index is 896. The van der Waals surface area contributed by atoms with Crippen molar-refractivity contribution in [1.82, 2.24) is 0 Å². The van der Waals surface area contributed by atoms with Gasteiger partial charge in [-0.1, -0.05) is 37.6 Å². The van der Waals surface area contributed by atoms with Crippen LogP contribution in [0.4, 0.5) is 5.69 Å². The highest BCUT2D eigenvalue weighted by molar-refractivity contribution is 6.31. The van der Waals surface area contributed by atoms with Crippen molar-refractivity contribution >= 4 is 34.2 Å². The van der Waals surface area contributed by atoms with Gasteiger partial charge in [0.25, 0.3) is 0 Å². The van der Waals surface area contributed by atoms with Crippen molar-refractivity contribution in [2.75, 3.05) is 5.32 Å². The van der Waals surface area contributed by atoms with Gasteiger partial charge in [-0.05, 0) is 48.2 Å². The van der Waals surface area contributed by atoms with Crippen LogP contribution in [0, 0.1) is 6.92 Å². The number of nitrogens with one attached hydrogen (secondary N) is 1. The molecule has 0 aliphatic heterocycles. The summed E-state index contributed by atoms with van der Waals surface area (Å²) in [5.41, 5.74) is 4.54. The third-order valence-electron chi connectivity index (χ3n) is 4.24. The van der Waals surface area contributed by atoms with Crippen LogP contribution in [-0.4, -0.2) is 5.91 Å². The first-order valence-electron chi connectivity index (χ1n) is 8.00. The van der Waals surface area contributed by atoms with Gasteiger partial charge in [0.05, 0.1) is 12.7 Å². The summed E-state index contributed by atoms with van der Waals surface area (Å²) in [6, 6.07) is 11.6. The Kier molecular flexibility index (Phi) is 4.63. The molecule has 124 valence electrons. The van der Waals surface area contributed by atoms with Crippen LogP contribution in [0.1, 0.15) is 36.5 Å². The van der Waals surface area contributed by atoms with Gasteiger partial charge in [-0.15, -0.1) is 0 Å². The third-order valence-corrected chi connectivity index (χ3v) is 4.65. The van der Waals surface area contributed by atoms with Crippen LogP contribution in [0.5, 0.6) is 0 Å². The lowest BCUT2D eigenvalue weighted by atomic mass is 10.00. The number of carbonyl (C=O) groups excluding carboxylic acids is 1. The zero-order chi connectivity index (χ0) is 17.3. The lowest BCUT2D eigenvalue weighted by Crippen LogP contribution is -2.15. The summed E-state index contributed by atoms with van der Waals surface area (Å²) in [4.78, 5) is 12.4. The SMILES string of the molecule is Cc1c(Cl)cccc1NC(=O)Cc1coc2ccc(C(C)C)cc12. The Morgan fingerprint density at radius 1 is 1.25 bits per heavy atom. The van der Waals surface area contributed by atoms with E-state index in [2.05, 4.69) is 31.3 Å². The fourth-order valence-corrected chi connectivity index (χ4v) is 2.88. The third kappa shape index (κ3) is 3.31. The molecule has 24 heavy (non-hydrogen) atoms. The standard InChI is InChI=1S/C20H20ClNO2/c1-12(2)14-7-8-19-16(9-14)15(11-24-19)10-20(23)22-18-6-4-5-17(21)13(18)3/h4-9,11-12H,10H2,1-3H3,(H,22,23). The second kappa shape index (κ2) is 6.70. The van der Waals surface area contributed by atoms with Crippen molar-refractivity contribution in [3.05, 3.63) is 64.4 Å². The number of carbonyl (C=O) groups is 1. The predicted octanol–water partition coefficient (Wildman–Crippen LogP) is 5.70. The maximum atomic E-state index is 12.4. The summed E-state index contributed by atoms with van der Waals surface area (Å²) in [5.74, 6) is 0.345. The van der Waals surface area contributed by atoms with Crippen molar-refractivity contribution in [3.8, 4) is 0 Å². The maximum absolute atomic E-state index is 12.4. The first-order chi connectivity index (χ1) is 11.5. The molecule has 0 saturated carbocycles. The molecule has 1 aromatic heterocycles. The van der Waals surface area contributed by atoms with Gasteiger partial charge in [-0.3, -0.25) is 4.79 Å². The number of amides is 1. The van der Waals surface area contributed by atoms with Crippen molar-refractivity contribution in [2.24, 2.45) is 0 Å². The van der Waals surface area contributed by atoms with Crippen LogP contribution >= 0.6 is 11.6 Å². The summed E-state index contributed by atoms with van der Waals surface area (Å²) in [7, 11) is 0. The van der Waals surface area contributed by atoms with Gasteiger partial charge in [0.15, 0.2) is 0 Å². The molecular weight excluding hydrogens is 322 g/mol. The summed E-state index contributed by atoms with van der Waals surface area (Å²) >= 11 is 6.10. The minimum absolute atomic E-state index is 0.0852. The zero-order valence-corrected chi connectivity index (χ0v) is 14.8. The quantitative estimate of drug-likeness (QED) is 0.661. The average Bonchev–Trinajstić information content (AvgIpc) is 2.94. The van der Waals surface area contributed by atoms with Crippen molar-refractivity contribution < 1.29 is 9.21 Å². The highest BCUT2D eigenvalue weighted by Gasteiger charge is 2.13. The highest BCUT2D eigenvalue weighted by atomic mass is 35.5. The highest BCUT2D eigenvalue weighted by Crippen LogP contribution is 2.27. The zero-order valence-electron chi connectivity index (χ0n) is 14.0. The first kappa shape index (κ1) is 16.6. The molecule has 4 heteroatoms. The summed E-state index contributed by atoms with van der Waals surface area (Å²) in [6.45, 7) is 6.19. The topological polar surface area (TPSA) is 42.2 Å². The smallest absolute Gasteiger partial charge is 0.228 e. The van der Waals surface area contributed by atoms with Gasteiger partial charge in [-0.25, -0.2) is 0 Å². The number of halogens is 1. The Labute approximate surface area is 146 Å². The molecule has 0 aliphatic rings. The van der Waals surface area contributed by atoms with Gasteiger partial charge in [0.2, 0.25) is 5.91 Å². The molecule has 0 bridgehead atoms. The van der Waals surface area contributed by atoms with Crippen LogP contribution in [0.25, 0.3) is 11.0 Å². The normalized spacial score (nSPS) is 11.2. The molecule has 3 rings (SSSR count). The molecule has 0 spiro atoms. The molecule has 2 aromatic carbocycles. The molecule has 1 N–H and O–H groups in total. The van der Waals surface area contributed by atoms with Gasteiger partial charge in [0.1, 0.15) is 5.58 Å². The Morgan fingerprint density at radius 2 is 2.04 bits per heavy atom. The molecular formula is C20H20ClNO2. The number of furan rings is 1. The molecule has 0 atom stereocenters. The number of anilines is 1.